The number of nitrogens with zero attached hydrogens (tertiary/aromatic N) is 1. The van der Waals surface area contributed by atoms with Crippen molar-refractivity contribution in [1.29, 1.82) is 0 Å². The minimum absolute atomic E-state index is 0.132. The second-order valence-electron chi connectivity index (χ2n) is 8.02. The van der Waals surface area contributed by atoms with Crippen molar-refractivity contribution in [3.05, 3.63) is 29.6 Å². The fraction of sp³-hybridized carbons (Fsp3) is 0.632. The van der Waals surface area contributed by atoms with Crippen molar-refractivity contribution >= 4 is 6.09 Å². The summed E-state index contributed by atoms with van der Waals surface area (Å²) < 4.78 is 30.1. The van der Waals surface area contributed by atoms with E-state index >= 15 is 0 Å². The maximum atomic E-state index is 14.1. The molecule has 0 aliphatic carbocycles. The van der Waals surface area contributed by atoms with E-state index in [4.69, 9.17) is 14.2 Å². The Bertz CT molecular complexity index is 673. The Morgan fingerprint density at radius 2 is 1.92 bits per heavy atom. The molecule has 2 atom stereocenters. The van der Waals surface area contributed by atoms with Gasteiger partial charge < -0.3 is 19.3 Å². The highest BCUT2D eigenvalue weighted by Crippen LogP contribution is 2.42. The van der Waals surface area contributed by atoms with E-state index in [2.05, 4.69) is 0 Å². The first kappa shape index (κ1) is 18.9. The van der Waals surface area contributed by atoms with Gasteiger partial charge in [0.25, 0.3) is 0 Å². The van der Waals surface area contributed by atoms with Crippen LogP contribution in [0.1, 0.15) is 39.2 Å². The number of morpholine rings is 1. The van der Waals surface area contributed by atoms with Crippen molar-refractivity contribution < 1.29 is 28.5 Å². The van der Waals surface area contributed by atoms with Crippen LogP contribution in [0.25, 0.3) is 0 Å². The molecular weight excluding hydrogens is 341 g/mol. The second-order valence-corrected chi connectivity index (χ2v) is 8.02. The quantitative estimate of drug-likeness (QED) is 0.871. The highest BCUT2D eigenvalue weighted by atomic mass is 19.1. The lowest BCUT2D eigenvalue weighted by Gasteiger charge is -2.51. The van der Waals surface area contributed by atoms with Crippen LogP contribution in [-0.4, -0.2) is 54.1 Å². The van der Waals surface area contributed by atoms with Gasteiger partial charge >= 0.3 is 6.09 Å². The van der Waals surface area contributed by atoms with Crippen LogP contribution in [0.4, 0.5) is 9.18 Å². The highest BCUT2D eigenvalue weighted by Gasteiger charge is 2.50. The van der Waals surface area contributed by atoms with E-state index in [9.17, 15) is 14.3 Å². The molecule has 2 aliphatic heterocycles. The van der Waals surface area contributed by atoms with Crippen LogP contribution in [0.5, 0.6) is 5.75 Å². The molecule has 144 valence electrons. The number of hydrogen-bond donors (Lipinski definition) is 1. The van der Waals surface area contributed by atoms with Gasteiger partial charge in [-0.05, 0) is 38.5 Å². The van der Waals surface area contributed by atoms with Gasteiger partial charge in [0, 0.05) is 12.8 Å². The number of aliphatic hydroxyl groups is 1. The van der Waals surface area contributed by atoms with E-state index in [1.165, 1.54) is 19.2 Å². The molecule has 6 nitrogen and oxygen atoms in total. The SMILES string of the molecule is COc1ccc(C2(O)CC3COCC(C2)N3C(=O)OC(C)(C)C)cc1F. The molecule has 2 unspecified atom stereocenters. The summed E-state index contributed by atoms with van der Waals surface area (Å²) >= 11 is 0. The number of methoxy groups -OCH3 is 1. The largest absolute Gasteiger partial charge is 0.494 e. The first-order valence-electron chi connectivity index (χ1n) is 8.78. The number of fused-ring (bicyclic) bond motifs is 2. The molecule has 0 saturated carbocycles. The summed E-state index contributed by atoms with van der Waals surface area (Å²) in [5, 5.41) is 11.2. The fourth-order valence-corrected chi connectivity index (χ4v) is 3.78. The third-order valence-corrected chi connectivity index (χ3v) is 4.85. The number of carbonyl (C=O) groups is 1. The van der Waals surface area contributed by atoms with Crippen LogP contribution in [-0.2, 0) is 15.1 Å². The average Bonchev–Trinajstić information content (AvgIpc) is 2.52. The minimum atomic E-state index is -1.23. The standard InChI is InChI=1S/C19H26FNO5/c1-18(2,3)26-17(22)21-13-8-19(23,9-14(21)11-25-10-13)12-5-6-16(24-4)15(20)7-12/h5-7,13-14,23H,8-11H2,1-4H3. The number of hydrogen-bond acceptors (Lipinski definition) is 5. The summed E-state index contributed by atoms with van der Waals surface area (Å²) in [5.41, 5.74) is -1.35. The van der Waals surface area contributed by atoms with Gasteiger partial charge in [-0.1, -0.05) is 6.07 Å². The minimum Gasteiger partial charge on any atom is -0.494 e. The van der Waals surface area contributed by atoms with Crippen LogP contribution >= 0.6 is 0 Å². The lowest BCUT2D eigenvalue weighted by atomic mass is 9.77. The molecule has 0 aromatic heterocycles. The molecule has 1 aromatic rings. The van der Waals surface area contributed by atoms with Gasteiger partial charge in [-0.3, -0.25) is 4.90 Å². The van der Waals surface area contributed by atoms with Crippen LogP contribution in [0.3, 0.4) is 0 Å². The second kappa shape index (κ2) is 6.70. The van der Waals surface area contributed by atoms with Crippen LogP contribution in [0.2, 0.25) is 0 Å². The maximum Gasteiger partial charge on any atom is 0.410 e. The van der Waals surface area contributed by atoms with E-state index < -0.39 is 23.1 Å². The van der Waals surface area contributed by atoms with E-state index in [-0.39, 0.29) is 30.7 Å². The zero-order valence-corrected chi connectivity index (χ0v) is 15.6. The van der Waals surface area contributed by atoms with E-state index in [0.29, 0.717) is 18.8 Å². The van der Waals surface area contributed by atoms with E-state index in [0.717, 1.165) is 0 Å². The van der Waals surface area contributed by atoms with Crippen LogP contribution in [0.15, 0.2) is 18.2 Å². The Morgan fingerprint density at radius 1 is 1.31 bits per heavy atom. The summed E-state index contributed by atoms with van der Waals surface area (Å²) in [4.78, 5) is 14.3. The molecule has 2 bridgehead atoms. The van der Waals surface area contributed by atoms with Crippen LogP contribution < -0.4 is 4.74 Å². The number of halogens is 1. The molecule has 2 heterocycles. The lowest BCUT2D eigenvalue weighted by molar-refractivity contribution is -0.141. The zero-order valence-electron chi connectivity index (χ0n) is 15.6. The Labute approximate surface area is 152 Å². The van der Waals surface area contributed by atoms with Gasteiger partial charge in [-0.25, -0.2) is 9.18 Å². The summed E-state index contributed by atoms with van der Waals surface area (Å²) in [7, 11) is 1.40. The number of piperidine rings is 1. The van der Waals surface area contributed by atoms with E-state index in [1.54, 1.807) is 11.0 Å². The molecule has 1 N–H and O–H groups in total. The first-order valence-corrected chi connectivity index (χ1v) is 8.78. The smallest absolute Gasteiger partial charge is 0.410 e. The zero-order chi connectivity index (χ0) is 19.1. The number of ether oxygens (including phenoxy) is 3. The molecule has 1 amide bonds. The molecule has 26 heavy (non-hydrogen) atoms. The van der Waals surface area contributed by atoms with Gasteiger partial charge in [0.2, 0.25) is 0 Å². The highest BCUT2D eigenvalue weighted by molar-refractivity contribution is 5.69. The molecule has 3 rings (SSSR count). The molecule has 0 radical (unpaired) electrons. The predicted octanol–water partition coefficient (Wildman–Crippen LogP) is 2.82. The Kier molecular flexibility index (Phi) is 4.88. The third kappa shape index (κ3) is 3.64. The van der Waals surface area contributed by atoms with Crippen molar-refractivity contribution in [2.45, 2.75) is 56.9 Å². The Hall–Kier alpha value is -1.86. The number of benzene rings is 1. The molecule has 2 saturated heterocycles. The summed E-state index contributed by atoms with van der Waals surface area (Å²) in [6.45, 7) is 6.08. The number of rotatable bonds is 2. The third-order valence-electron chi connectivity index (χ3n) is 4.85. The van der Waals surface area contributed by atoms with Crippen molar-refractivity contribution in [3.8, 4) is 5.75 Å². The summed E-state index contributed by atoms with van der Waals surface area (Å²) in [6.07, 6.45) is 0.113. The van der Waals surface area contributed by atoms with Crippen molar-refractivity contribution in [1.82, 2.24) is 4.90 Å². The molecule has 7 heteroatoms. The molecule has 2 aliphatic rings. The molecular formula is C19H26FNO5. The topological polar surface area (TPSA) is 68.2 Å². The monoisotopic (exact) mass is 367 g/mol. The number of amides is 1. The molecule has 0 spiro atoms. The van der Waals surface area contributed by atoms with E-state index in [1.807, 2.05) is 20.8 Å². The van der Waals surface area contributed by atoms with Crippen molar-refractivity contribution in [3.63, 3.8) is 0 Å². The van der Waals surface area contributed by atoms with Gasteiger partial charge in [-0.2, -0.15) is 0 Å². The fourth-order valence-electron chi connectivity index (χ4n) is 3.78. The number of carbonyl (C=O) groups excluding carboxylic acids is 1. The predicted molar refractivity (Wildman–Crippen MR) is 92.6 cm³/mol. The lowest BCUT2D eigenvalue weighted by Crippen LogP contribution is -2.63. The van der Waals surface area contributed by atoms with Gasteiger partial charge in [0.15, 0.2) is 11.6 Å². The van der Waals surface area contributed by atoms with Gasteiger partial charge in [0.1, 0.15) is 5.60 Å². The van der Waals surface area contributed by atoms with Crippen molar-refractivity contribution in [2.24, 2.45) is 0 Å². The summed E-state index contributed by atoms with van der Waals surface area (Å²) in [5.74, 6) is -0.388. The summed E-state index contributed by atoms with van der Waals surface area (Å²) in [6, 6.07) is 3.83. The molecule has 2 fully saturated rings. The Balaban J connectivity index is 1.84. The maximum absolute atomic E-state index is 14.1. The molecule has 1 aromatic carbocycles. The van der Waals surface area contributed by atoms with Crippen LogP contribution in [0, 0.1) is 5.82 Å². The Morgan fingerprint density at radius 3 is 2.42 bits per heavy atom. The van der Waals surface area contributed by atoms with Gasteiger partial charge in [0.05, 0.1) is 38.0 Å². The first-order chi connectivity index (χ1) is 12.1. The van der Waals surface area contributed by atoms with Crippen molar-refractivity contribution in [2.75, 3.05) is 20.3 Å². The average molecular weight is 367 g/mol. The van der Waals surface area contributed by atoms with Gasteiger partial charge in [-0.15, -0.1) is 0 Å². The normalized spacial score (nSPS) is 28.6.